The van der Waals surface area contributed by atoms with Gasteiger partial charge in [-0.2, -0.15) is 0 Å². The minimum Gasteiger partial charge on any atom is -0.481 e. The van der Waals surface area contributed by atoms with Gasteiger partial charge >= 0.3 is 23.9 Å². The number of nitrogens with one attached hydrogen (secondary N) is 4. The number of halogens is 1. The molecule has 3 rings (SSSR count). The van der Waals surface area contributed by atoms with Crippen molar-refractivity contribution in [1.29, 1.82) is 0 Å². The van der Waals surface area contributed by atoms with E-state index in [2.05, 4.69) is 42.2 Å². The molecule has 2 aromatic rings. The Bertz CT molecular complexity index is 2250. The number of urea groups is 1. The van der Waals surface area contributed by atoms with E-state index in [1.54, 1.807) is 17.2 Å². The summed E-state index contributed by atoms with van der Waals surface area (Å²) in [7, 11) is 0. The quantitative estimate of drug-likeness (QED) is 0.0245. The number of benzene rings is 1. The molecular formula is C47H71BrN14O12S. The minimum atomic E-state index is -1.53. The van der Waals surface area contributed by atoms with E-state index >= 15 is 0 Å². The lowest BCUT2D eigenvalue weighted by Gasteiger charge is -2.38. The number of nitrogens with two attached hydrogens (primary N) is 4. The second-order valence-electron chi connectivity index (χ2n) is 18.1. The van der Waals surface area contributed by atoms with Crippen LogP contribution in [0.3, 0.4) is 0 Å². The number of carbonyl (C=O) groups is 9. The smallest absolute Gasteiger partial charge is 0.326 e. The van der Waals surface area contributed by atoms with Crippen LogP contribution in [0.5, 0.6) is 0 Å². The van der Waals surface area contributed by atoms with Gasteiger partial charge in [0.1, 0.15) is 16.7 Å². The first-order valence-electron chi connectivity index (χ1n) is 24.4. The average molecular weight is 1140 g/mol. The lowest BCUT2D eigenvalue weighted by molar-refractivity contribution is -0.141. The fourth-order valence-corrected chi connectivity index (χ4v) is 8.66. The van der Waals surface area contributed by atoms with Gasteiger partial charge < -0.3 is 64.4 Å². The molecule has 0 saturated carbocycles. The number of pyridine rings is 1. The van der Waals surface area contributed by atoms with Gasteiger partial charge in [-0.25, -0.2) is 19.4 Å². The first-order valence-corrected chi connectivity index (χ1v) is 25.6. The van der Waals surface area contributed by atoms with Crippen molar-refractivity contribution in [2.24, 2.45) is 22.9 Å². The van der Waals surface area contributed by atoms with Gasteiger partial charge in [-0.05, 0) is 102 Å². The summed E-state index contributed by atoms with van der Waals surface area (Å²) >= 11 is 8.87. The average Bonchev–Trinajstić information content (AvgIpc) is 3.32. The van der Waals surface area contributed by atoms with Gasteiger partial charge in [-0.3, -0.25) is 48.4 Å². The molecule has 1 saturated heterocycles. The molecule has 1 fully saturated rings. The van der Waals surface area contributed by atoms with E-state index in [4.69, 9.17) is 40.3 Å². The summed E-state index contributed by atoms with van der Waals surface area (Å²) in [6.07, 6.45) is 3.10. The van der Waals surface area contributed by atoms with Crippen molar-refractivity contribution < 1.29 is 58.5 Å². The normalized spacial score (nSPS) is 15.9. The number of carboxylic acids is 3. The summed E-state index contributed by atoms with van der Waals surface area (Å²) in [6.45, 7) is 3.23. The Kier molecular flexibility index (Phi) is 27.9. The van der Waals surface area contributed by atoms with Gasteiger partial charge in [0, 0.05) is 96.2 Å². The van der Waals surface area contributed by atoms with E-state index in [0.29, 0.717) is 93.4 Å². The number of aromatic nitrogens is 1. The van der Waals surface area contributed by atoms with E-state index in [0.717, 1.165) is 11.1 Å². The molecule has 1 aromatic carbocycles. The highest BCUT2D eigenvalue weighted by molar-refractivity contribution is 9.10. The number of nitrogens with zero attached hydrogens (tertiary/aromatic N) is 6. The number of hydrogen-bond acceptors (Lipinski definition) is 15. The van der Waals surface area contributed by atoms with Crippen LogP contribution in [0.15, 0.2) is 47.2 Å². The van der Waals surface area contributed by atoms with Crippen molar-refractivity contribution in [3.63, 3.8) is 0 Å². The first-order chi connectivity index (χ1) is 35.6. The number of hydrogen-bond donors (Lipinski definition) is 11. The Hall–Kier alpha value is -6.59. The first kappa shape index (κ1) is 62.7. The van der Waals surface area contributed by atoms with Gasteiger partial charge in [-0.1, -0.05) is 18.2 Å². The lowest BCUT2D eigenvalue weighted by atomic mass is 10.0. The maximum absolute atomic E-state index is 13.6. The van der Waals surface area contributed by atoms with Crippen molar-refractivity contribution >= 4 is 92.4 Å². The number of amides is 7. The summed E-state index contributed by atoms with van der Waals surface area (Å²) < 4.78 is 0.618. The zero-order valence-corrected chi connectivity index (χ0v) is 44.2. The highest BCUT2D eigenvalue weighted by atomic mass is 79.9. The van der Waals surface area contributed by atoms with Gasteiger partial charge in [0.05, 0.1) is 26.2 Å². The predicted octanol–water partition coefficient (Wildman–Crippen LogP) is -1.36. The molecule has 414 valence electrons. The number of anilines is 1. The SMILES string of the molecule is NC(=O)CN1CCN(CC(N)=O)CCN(CC(N)=O)C(Cc2ccc(NC(=S)NCCCCC(=O)N(CCCC[C@@H](NC(=O)N[C@H](CCC(=O)O)C(=O)O)C(=O)O)Cc3ccc(Br)nc3)cc2)CN(CC(N)=O)CC1. The Labute approximate surface area is 448 Å². The number of rotatable bonds is 30. The van der Waals surface area contributed by atoms with Crippen LogP contribution in [0.2, 0.25) is 0 Å². The third kappa shape index (κ3) is 26.5. The van der Waals surface area contributed by atoms with Gasteiger partial charge in [0.15, 0.2) is 5.11 Å². The van der Waals surface area contributed by atoms with Gasteiger partial charge in [-0.15, -0.1) is 0 Å². The molecule has 7 amide bonds. The molecule has 15 N–H and O–H groups in total. The second-order valence-corrected chi connectivity index (χ2v) is 19.4. The van der Waals surface area contributed by atoms with Crippen LogP contribution < -0.4 is 44.2 Å². The number of primary amides is 4. The van der Waals surface area contributed by atoms with Crippen molar-refractivity contribution in [1.82, 2.24) is 45.4 Å². The summed E-state index contributed by atoms with van der Waals surface area (Å²) in [5.41, 5.74) is 24.9. The predicted molar refractivity (Wildman–Crippen MR) is 282 cm³/mol. The molecule has 1 aliphatic rings. The van der Waals surface area contributed by atoms with E-state index in [9.17, 15) is 53.4 Å². The third-order valence-electron chi connectivity index (χ3n) is 12.0. The molecule has 2 heterocycles. The van der Waals surface area contributed by atoms with E-state index in [1.807, 2.05) is 49.9 Å². The largest absolute Gasteiger partial charge is 0.481 e. The van der Waals surface area contributed by atoms with Crippen molar-refractivity contribution in [3.8, 4) is 0 Å². The molecule has 0 radical (unpaired) electrons. The Morgan fingerprint density at radius 3 is 1.77 bits per heavy atom. The van der Waals surface area contributed by atoms with Crippen LogP contribution in [-0.2, 0) is 51.3 Å². The fourth-order valence-electron chi connectivity index (χ4n) is 8.21. The van der Waals surface area contributed by atoms with Crippen molar-refractivity contribution in [3.05, 3.63) is 58.3 Å². The maximum atomic E-state index is 13.6. The highest BCUT2D eigenvalue weighted by Crippen LogP contribution is 2.17. The highest BCUT2D eigenvalue weighted by Gasteiger charge is 2.28. The number of carboxylic acid groups (broad SMARTS) is 3. The number of thiocarbonyl (C=S) groups is 1. The molecule has 0 aliphatic carbocycles. The molecule has 0 spiro atoms. The number of aliphatic carboxylic acids is 3. The van der Waals surface area contributed by atoms with Crippen LogP contribution in [-0.4, -0.2) is 207 Å². The van der Waals surface area contributed by atoms with Crippen LogP contribution in [0.25, 0.3) is 0 Å². The maximum Gasteiger partial charge on any atom is 0.326 e. The Morgan fingerprint density at radius 1 is 0.680 bits per heavy atom. The zero-order valence-electron chi connectivity index (χ0n) is 41.8. The Balaban J connectivity index is 1.58. The third-order valence-corrected chi connectivity index (χ3v) is 12.7. The molecule has 3 atom stereocenters. The standard InChI is InChI=1S/C47H71BrN14O12S/c48-37-13-9-32(24-54-37)25-62(16-4-2-5-35(44(70)71)56-46(74)57-36(45(72)73)12-14-43(68)69)42(67)6-1-3-15-53-47(75)55-33-10-7-31(8-11-33)23-34-26-60(29-40(51)65)20-19-58(27-38(49)63)17-18-59(28-39(50)64)21-22-61(34)30-41(52)66/h7-11,13,24,34-36H,1-6,12,14-23,25-30H2,(H2,49,63)(H2,50,64)(H2,51,65)(H2,52,66)(H,68,69)(H,70,71)(H,72,73)(H2,53,55,75)(H2,56,57,74)/t34?,35-,36-/m1/s1. The summed E-state index contributed by atoms with van der Waals surface area (Å²) in [4.78, 5) is 122. The second kappa shape index (κ2) is 33.4. The van der Waals surface area contributed by atoms with Crippen LogP contribution in [0, 0.1) is 0 Å². The number of unbranched alkanes of at least 4 members (excludes halogenated alkanes) is 2. The van der Waals surface area contributed by atoms with Crippen LogP contribution in [0.1, 0.15) is 62.5 Å². The minimum absolute atomic E-state index is 0.0277. The number of carbonyl (C=O) groups excluding carboxylic acids is 6. The fraction of sp³-hybridized carbons (Fsp3) is 0.553. The van der Waals surface area contributed by atoms with Crippen molar-refractivity contribution in [2.45, 2.75) is 82.5 Å². The molecule has 28 heteroatoms. The topological polar surface area (TPSA) is 396 Å². The lowest BCUT2D eigenvalue weighted by Crippen LogP contribution is -2.54. The molecule has 1 aromatic heterocycles. The van der Waals surface area contributed by atoms with Crippen LogP contribution in [0.4, 0.5) is 10.5 Å². The summed E-state index contributed by atoms with van der Waals surface area (Å²) in [5.74, 6) is -6.37. The van der Waals surface area contributed by atoms with Crippen LogP contribution >= 0.6 is 28.1 Å². The molecule has 26 nitrogen and oxygen atoms in total. The van der Waals surface area contributed by atoms with Gasteiger partial charge in [0.25, 0.3) is 0 Å². The summed E-state index contributed by atoms with van der Waals surface area (Å²) in [6, 6.07) is 6.76. The molecule has 1 unspecified atom stereocenters. The molecule has 0 bridgehead atoms. The Morgan fingerprint density at radius 2 is 1.23 bits per heavy atom. The van der Waals surface area contributed by atoms with Gasteiger partial charge in [0.2, 0.25) is 29.5 Å². The molecular weight excluding hydrogens is 1060 g/mol. The van der Waals surface area contributed by atoms with E-state index in [1.165, 1.54) is 0 Å². The molecule has 75 heavy (non-hydrogen) atoms. The monoisotopic (exact) mass is 1130 g/mol. The van der Waals surface area contributed by atoms with E-state index in [-0.39, 0.29) is 70.5 Å². The van der Waals surface area contributed by atoms with E-state index < -0.39 is 72.5 Å². The summed E-state index contributed by atoms with van der Waals surface area (Å²) in [5, 5.41) is 38.9. The van der Waals surface area contributed by atoms with Crippen molar-refractivity contribution in [2.75, 3.05) is 90.4 Å². The molecule has 1 aliphatic heterocycles. The zero-order chi connectivity index (χ0) is 55.5.